The Morgan fingerprint density at radius 2 is 1.97 bits per heavy atom. The molecular weight excluding hydrogens is 421 g/mol. The number of amides is 1. The average molecular weight is 448 g/mol. The summed E-state index contributed by atoms with van der Waals surface area (Å²) in [5.41, 5.74) is 4.01. The van der Waals surface area contributed by atoms with Gasteiger partial charge < -0.3 is 15.8 Å². The number of nitrogens with two attached hydrogens (primary N) is 1. The van der Waals surface area contributed by atoms with Crippen LogP contribution in [0.4, 0.5) is 18.9 Å². The van der Waals surface area contributed by atoms with Crippen molar-refractivity contribution in [2.75, 3.05) is 25.9 Å². The molecule has 2 atom stereocenters. The maximum Gasteiger partial charge on any atom is 0.256 e. The topological polar surface area (TPSA) is 80.5 Å². The van der Waals surface area contributed by atoms with Crippen LogP contribution < -0.4 is 15.8 Å². The van der Waals surface area contributed by atoms with Crippen molar-refractivity contribution in [2.24, 2.45) is 0 Å². The molecule has 1 aliphatic heterocycles. The van der Waals surface area contributed by atoms with Crippen molar-refractivity contribution in [1.29, 1.82) is 0 Å². The van der Waals surface area contributed by atoms with Gasteiger partial charge in [0.25, 0.3) is 5.91 Å². The quantitative estimate of drug-likeness (QED) is 0.539. The Bertz CT molecular complexity index is 1060. The SMILES string of the molecule is C/C=C/C1CNC(=O)c2cc(F)c(-c3cc(C)c(F)c(N)c3F)nc2O[C@@H](C)CCN1C. The number of ether oxygens (including phenoxy) is 1. The maximum atomic E-state index is 15.0. The van der Waals surface area contributed by atoms with Crippen molar-refractivity contribution < 1.29 is 22.7 Å². The molecule has 172 valence electrons. The number of halogens is 3. The summed E-state index contributed by atoms with van der Waals surface area (Å²) in [6.07, 6.45) is 4.13. The van der Waals surface area contributed by atoms with Crippen molar-refractivity contribution in [1.82, 2.24) is 15.2 Å². The van der Waals surface area contributed by atoms with Gasteiger partial charge in [0, 0.05) is 24.7 Å². The molecule has 6 nitrogen and oxygen atoms in total. The van der Waals surface area contributed by atoms with Gasteiger partial charge in [-0.2, -0.15) is 0 Å². The highest BCUT2D eigenvalue weighted by Crippen LogP contribution is 2.33. The smallest absolute Gasteiger partial charge is 0.256 e. The van der Waals surface area contributed by atoms with Gasteiger partial charge in [-0.05, 0) is 51.9 Å². The molecule has 0 aliphatic carbocycles. The van der Waals surface area contributed by atoms with Gasteiger partial charge in [-0.15, -0.1) is 0 Å². The molecule has 1 amide bonds. The molecule has 32 heavy (non-hydrogen) atoms. The predicted octanol–water partition coefficient (Wildman–Crippen LogP) is 3.83. The molecule has 1 aromatic heterocycles. The summed E-state index contributed by atoms with van der Waals surface area (Å²) in [6.45, 7) is 6.08. The number of aromatic nitrogens is 1. The lowest BCUT2D eigenvalue weighted by Crippen LogP contribution is -2.41. The van der Waals surface area contributed by atoms with E-state index in [1.807, 2.05) is 33.0 Å². The van der Waals surface area contributed by atoms with Crippen LogP contribution >= 0.6 is 0 Å². The predicted molar refractivity (Wildman–Crippen MR) is 117 cm³/mol. The Morgan fingerprint density at radius 1 is 1.25 bits per heavy atom. The number of likely N-dealkylation sites (N-methyl/N-ethyl adjacent to an activating group) is 1. The van der Waals surface area contributed by atoms with Crippen molar-refractivity contribution in [2.45, 2.75) is 39.3 Å². The average Bonchev–Trinajstić information content (AvgIpc) is 2.77. The van der Waals surface area contributed by atoms with Crippen LogP contribution in [0.15, 0.2) is 24.3 Å². The van der Waals surface area contributed by atoms with Gasteiger partial charge >= 0.3 is 0 Å². The lowest BCUT2D eigenvalue weighted by molar-refractivity contribution is 0.0941. The Labute approximate surface area is 185 Å². The first-order valence-corrected chi connectivity index (χ1v) is 10.4. The second-order valence-corrected chi connectivity index (χ2v) is 7.96. The molecule has 2 aromatic rings. The van der Waals surface area contributed by atoms with Crippen LogP contribution in [0.3, 0.4) is 0 Å². The highest BCUT2D eigenvalue weighted by molar-refractivity contribution is 5.97. The molecule has 9 heteroatoms. The zero-order chi connectivity index (χ0) is 23.6. The fourth-order valence-corrected chi connectivity index (χ4v) is 3.57. The number of allylic oxidation sites excluding steroid dienone is 1. The third kappa shape index (κ3) is 4.72. The first-order chi connectivity index (χ1) is 15.1. The van der Waals surface area contributed by atoms with Gasteiger partial charge in [-0.25, -0.2) is 18.2 Å². The van der Waals surface area contributed by atoms with E-state index in [0.29, 0.717) is 19.5 Å². The van der Waals surface area contributed by atoms with E-state index in [2.05, 4.69) is 15.2 Å². The zero-order valence-electron chi connectivity index (χ0n) is 18.5. The lowest BCUT2D eigenvalue weighted by Gasteiger charge is -2.26. The number of rotatable bonds is 2. The summed E-state index contributed by atoms with van der Waals surface area (Å²) < 4.78 is 49.5. The van der Waals surface area contributed by atoms with E-state index in [-0.39, 0.29) is 34.7 Å². The Kier molecular flexibility index (Phi) is 7.08. The van der Waals surface area contributed by atoms with Gasteiger partial charge in [-0.3, -0.25) is 9.69 Å². The van der Waals surface area contributed by atoms with Gasteiger partial charge in [0.15, 0.2) is 17.5 Å². The number of nitrogens with one attached hydrogen (secondary N) is 1. The molecule has 1 aliphatic rings. The van der Waals surface area contributed by atoms with Crippen molar-refractivity contribution in [3.8, 4) is 17.1 Å². The van der Waals surface area contributed by atoms with Crippen LogP contribution in [0.25, 0.3) is 11.3 Å². The van der Waals surface area contributed by atoms with Crippen LogP contribution in [0, 0.1) is 24.4 Å². The summed E-state index contributed by atoms with van der Waals surface area (Å²) in [4.78, 5) is 19.0. The molecule has 1 unspecified atom stereocenters. The van der Waals surface area contributed by atoms with Gasteiger partial charge in [-0.1, -0.05) is 12.2 Å². The number of carbonyl (C=O) groups excluding carboxylic acids is 1. The molecule has 0 saturated heterocycles. The first-order valence-electron chi connectivity index (χ1n) is 10.4. The number of hydrogen-bond acceptors (Lipinski definition) is 5. The summed E-state index contributed by atoms with van der Waals surface area (Å²) in [7, 11) is 1.94. The number of nitrogen functional groups attached to an aromatic ring is 1. The number of anilines is 1. The number of aryl methyl sites for hydroxylation is 1. The largest absolute Gasteiger partial charge is 0.474 e. The monoisotopic (exact) mass is 448 g/mol. The Balaban J connectivity index is 2.09. The number of fused-ring (bicyclic) bond motifs is 1. The third-order valence-electron chi connectivity index (χ3n) is 5.51. The maximum absolute atomic E-state index is 15.0. The minimum atomic E-state index is -1.12. The second-order valence-electron chi connectivity index (χ2n) is 7.96. The molecule has 3 rings (SSSR count). The molecule has 1 aromatic carbocycles. The fraction of sp³-hybridized carbons (Fsp3) is 0.391. The zero-order valence-corrected chi connectivity index (χ0v) is 18.5. The van der Waals surface area contributed by atoms with E-state index < -0.39 is 34.7 Å². The van der Waals surface area contributed by atoms with E-state index in [4.69, 9.17) is 10.5 Å². The molecule has 0 bridgehead atoms. The van der Waals surface area contributed by atoms with Gasteiger partial charge in [0.1, 0.15) is 16.9 Å². The molecule has 0 fully saturated rings. The molecule has 0 radical (unpaired) electrons. The van der Waals surface area contributed by atoms with E-state index in [1.165, 1.54) is 6.92 Å². The summed E-state index contributed by atoms with van der Waals surface area (Å²) in [5, 5.41) is 2.78. The molecule has 0 saturated carbocycles. The van der Waals surface area contributed by atoms with E-state index in [9.17, 15) is 13.6 Å². The van der Waals surface area contributed by atoms with Crippen molar-refractivity contribution in [3.05, 3.63) is 52.9 Å². The molecule has 2 heterocycles. The van der Waals surface area contributed by atoms with Crippen molar-refractivity contribution in [3.63, 3.8) is 0 Å². The number of pyridine rings is 1. The first kappa shape index (κ1) is 23.6. The highest BCUT2D eigenvalue weighted by atomic mass is 19.1. The van der Waals surface area contributed by atoms with E-state index in [0.717, 1.165) is 12.1 Å². The number of carbonyl (C=O) groups is 1. The third-order valence-corrected chi connectivity index (χ3v) is 5.51. The number of nitrogens with zero attached hydrogens (tertiary/aromatic N) is 2. The lowest BCUT2D eigenvalue weighted by atomic mass is 10.0. The normalized spacial score (nSPS) is 20.4. The number of benzene rings is 1. The minimum absolute atomic E-state index is 0.0432. The summed E-state index contributed by atoms with van der Waals surface area (Å²) in [6, 6.07) is 2.04. The standard InChI is InChI=1S/C23H27F3N4O2/c1-5-6-14-11-28-22(31)16-10-17(24)21(15-9-12(2)18(25)20(27)19(15)26)29-23(16)32-13(3)7-8-30(14)4/h5-6,9-10,13-14H,7-8,11,27H2,1-4H3,(H,28,31)/b6-5+/t13-,14?/m0/s1. The van der Waals surface area contributed by atoms with Crippen LogP contribution in [0.2, 0.25) is 0 Å². The van der Waals surface area contributed by atoms with Crippen LogP contribution in [-0.4, -0.2) is 48.1 Å². The summed E-state index contributed by atoms with van der Waals surface area (Å²) >= 11 is 0. The minimum Gasteiger partial charge on any atom is -0.474 e. The number of hydrogen-bond donors (Lipinski definition) is 2. The molecule has 3 N–H and O–H groups in total. The fourth-order valence-electron chi connectivity index (χ4n) is 3.57. The van der Waals surface area contributed by atoms with Crippen LogP contribution in [-0.2, 0) is 0 Å². The van der Waals surface area contributed by atoms with E-state index >= 15 is 4.39 Å². The Hall–Kier alpha value is -3.07. The second kappa shape index (κ2) is 9.60. The summed E-state index contributed by atoms with van der Waals surface area (Å²) in [5.74, 6) is -3.67. The van der Waals surface area contributed by atoms with Crippen LogP contribution in [0.5, 0.6) is 5.88 Å². The highest BCUT2D eigenvalue weighted by Gasteiger charge is 2.26. The van der Waals surface area contributed by atoms with Gasteiger partial charge in [0.05, 0.1) is 6.10 Å². The van der Waals surface area contributed by atoms with Crippen LogP contribution in [0.1, 0.15) is 36.2 Å². The van der Waals surface area contributed by atoms with E-state index in [1.54, 1.807) is 0 Å². The van der Waals surface area contributed by atoms with Crippen molar-refractivity contribution >= 4 is 11.6 Å². The van der Waals surface area contributed by atoms with Gasteiger partial charge in [0.2, 0.25) is 5.88 Å². The Morgan fingerprint density at radius 3 is 2.66 bits per heavy atom. The molecule has 0 spiro atoms. The molecular formula is C23H27F3N4O2.